The molecule has 0 aliphatic rings. The Balaban J connectivity index is 3.23. The maximum Gasteiger partial charge on any atom is 0.320 e. The highest BCUT2D eigenvalue weighted by atomic mass is 16.5. The number of esters is 2. The number of ether oxygens (including phenoxy) is 2. The highest BCUT2D eigenvalue weighted by Gasteiger charge is 2.37. The van der Waals surface area contributed by atoms with Gasteiger partial charge in [0.15, 0.2) is 5.92 Å². The topological polar surface area (TPSA) is 52.6 Å². The Labute approximate surface area is 119 Å². The molecule has 0 spiro atoms. The van der Waals surface area contributed by atoms with Crippen LogP contribution in [0.15, 0.2) is 36.9 Å². The molecule has 108 valence electrons. The molecule has 0 aliphatic carbocycles. The van der Waals surface area contributed by atoms with Crippen LogP contribution in [0.3, 0.4) is 0 Å². The van der Waals surface area contributed by atoms with Crippen molar-refractivity contribution in [1.29, 1.82) is 0 Å². The minimum Gasteiger partial charge on any atom is -0.468 e. The first-order valence-electron chi connectivity index (χ1n) is 6.38. The first-order chi connectivity index (χ1) is 9.54. The Morgan fingerprint density at radius 1 is 1.25 bits per heavy atom. The summed E-state index contributed by atoms with van der Waals surface area (Å²) in [4.78, 5) is 23.9. The smallest absolute Gasteiger partial charge is 0.320 e. The van der Waals surface area contributed by atoms with Gasteiger partial charge < -0.3 is 9.47 Å². The molecule has 1 aromatic rings. The zero-order chi connectivity index (χ0) is 15.1. The van der Waals surface area contributed by atoms with Crippen LogP contribution < -0.4 is 0 Å². The summed E-state index contributed by atoms with van der Waals surface area (Å²) < 4.78 is 9.48. The molecule has 0 saturated carbocycles. The minimum absolute atomic E-state index is 0.340. The minimum atomic E-state index is -0.982. The Bertz CT molecular complexity index is 477. The number of allylic oxidation sites excluding steroid dienone is 1. The lowest BCUT2D eigenvalue weighted by Crippen LogP contribution is -2.32. The van der Waals surface area contributed by atoms with Gasteiger partial charge >= 0.3 is 11.9 Å². The van der Waals surface area contributed by atoms with Crippen molar-refractivity contribution in [3.05, 3.63) is 48.0 Å². The van der Waals surface area contributed by atoms with E-state index in [1.807, 2.05) is 31.2 Å². The maximum atomic E-state index is 11.9. The third-order valence-electron chi connectivity index (χ3n) is 3.20. The molecule has 0 heterocycles. The summed E-state index contributed by atoms with van der Waals surface area (Å²) >= 11 is 0. The molecule has 0 aliphatic heterocycles. The first-order valence-corrected chi connectivity index (χ1v) is 6.38. The fourth-order valence-corrected chi connectivity index (χ4v) is 2.22. The van der Waals surface area contributed by atoms with Gasteiger partial charge in [0.25, 0.3) is 0 Å². The molecule has 20 heavy (non-hydrogen) atoms. The quantitative estimate of drug-likeness (QED) is 0.455. The van der Waals surface area contributed by atoms with Crippen LogP contribution in [-0.4, -0.2) is 26.2 Å². The molecular weight excluding hydrogens is 256 g/mol. The number of rotatable bonds is 6. The maximum absolute atomic E-state index is 11.9. The van der Waals surface area contributed by atoms with Crippen molar-refractivity contribution >= 4 is 11.9 Å². The van der Waals surface area contributed by atoms with Gasteiger partial charge in [0.1, 0.15) is 0 Å². The molecule has 0 saturated heterocycles. The van der Waals surface area contributed by atoms with Crippen LogP contribution in [0.2, 0.25) is 0 Å². The molecule has 1 unspecified atom stereocenters. The zero-order valence-corrected chi connectivity index (χ0v) is 12.1. The Morgan fingerprint density at radius 3 is 2.30 bits per heavy atom. The third kappa shape index (κ3) is 3.70. The fraction of sp³-hybridized carbons (Fsp3) is 0.375. The number of aryl methyl sites for hydroxylation is 1. The molecule has 0 N–H and O–H groups in total. The van der Waals surface area contributed by atoms with E-state index < -0.39 is 17.9 Å². The van der Waals surface area contributed by atoms with Crippen molar-refractivity contribution in [3.63, 3.8) is 0 Å². The summed E-state index contributed by atoms with van der Waals surface area (Å²) in [5.41, 5.74) is 1.95. The zero-order valence-electron chi connectivity index (χ0n) is 12.1. The van der Waals surface area contributed by atoms with Gasteiger partial charge in [0, 0.05) is 5.92 Å². The van der Waals surface area contributed by atoms with Crippen molar-refractivity contribution < 1.29 is 19.1 Å². The van der Waals surface area contributed by atoms with Crippen molar-refractivity contribution in [3.8, 4) is 0 Å². The first kappa shape index (κ1) is 16.0. The van der Waals surface area contributed by atoms with Crippen LogP contribution in [0.4, 0.5) is 0 Å². The molecule has 1 rings (SSSR count). The summed E-state index contributed by atoms with van der Waals surface area (Å²) in [6.07, 6.45) is 2.17. The van der Waals surface area contributed by atoms with E-state index in [2.05, 4.69) is 6.58 Å². The predicted molar refractivity (Wildman–Crippen MR) is 76.3 cm³/mol. The van der Waals surface area contributed by atoms with Gasteiger partial charge in [-0.15, -0.1) is 6.58 Å². The monoisotopic (exact) mass is 276 g/mol. The number of carbonyl (C=O) groups is 2. The lowest BCUT2D eigenvalue weighted by Gasteiger charge is -2.23. The molecular formula is C16H20O4. The van der Waals surface area contributed by atoms with E-state index in [-0.39, 0.29) is 5.92 Å². The Hall–Kier alpha value is -2.10. The van der Waals surface area contributed by atoms with E-state index in [1.54, 1.807) is 6.08 Å². The molecule has 4 heteroatoms. The molecule has 0 radical (unpaired) electrons. The van der Waals surface area contributed by atoms with Gasteiger partial charge in [0.05, 0.1) is 14.2 Å². The second-order valence-electron chi connectivity index (χ2n) is 4.57. The van der Waals surface area contributed by atoms with Gasteiger partial charge in [0.2, 0.25) is 0 Å². The van der Waals surface area contributed by atoms with Gasteiger partial charge in [-0.2, -0.15) is 0 Å². The number of benzene rings is 1. The van der Waals surface area contributed by atoms with Crippen molar-refractivity contribution in [2.75, 3.05) is 14.2 Å². The molecule has 0 bridgehead atoms. The van der Waals surface area contributed by atoms with Gasteiger partial charge in [-0.25, -0.2) is 0 Å². The third-order valence-corrected chi connectivity index (χ3v) is 3.20. The van der Waals surface area contributed by atoms with Crippen LogP contribution in [0.25, 0.3) is 0 Å². The molecule has 1 atom stereocenters. The molecule has 1 aromatic carbocycles. The lowest BCUT2D eigenvalue weighted by molar-refractivity contribution is -0.159. The molecule has 0 amide bonds. The number of methoxy groups -OCH3 is 2. The van der Waals surface area contributed by atoms with E-state index in [0.717, 1.165) is 11.1 Å². The van der Waals surface area contributed by atoms with Crippen LogP contribution in [0, 0.1) is 12.8 Å². The summed E-state index contributed by atoms with van der Waals surface area (Å²) in [5.74, 6) is -2.51. The SMILES string of the molecule is C=CCC(c1cccc(C)c1)C(C(=O)OC)C(=O)OC. The van der Waals surface area contributed by atoms with Gasteiger partial charge in [-0.1, -0.05) is 35.9 Å². The Kier molecular flexibility index (Phi) is 5.97. The largest absolute Gasteiger partial charge is 0.468 e. The van der Waals surface area contributed by atoms with Crippen molar-refractivity contribution in [1.82, 2.24) is 0 Å². The van der Waals surface area contributed by atoms with E-state index >= 15 is 0 Å². The average molecular weight is 276 g/mol. The van der Waals surface area contributed by atoms with Crippen LogP contribution in [-0.2, 0) is 19.1 Å². The van der Waals surface area contributed by atoms with Crippen LogP contribution in [0.5, 0.6) is 0 Å². The second kappa shape index (κ2) is 7.48. The van der Waals surface area contributed by atoms with Crippen molar-refractivity contribution in [2.45, 2.75) is 19.3 Å². The van der Waals surface area contributed by atoms with Crippen LogP contribution >= 0.6 is 0 Å². The molecule has 0 aromatic heterocycles. The molecule has 4 nitrogen and oxygen atoms in total. The van der Waals surface area contributed by atoms with Gasteiger partial charge in [-0.05, 0) is 18.9 Å². The van der Waals surface area contributed by atoms with Crippen LogP contribution in [0.1, 0.15) is 23.5 Å². The summed E-state index contributed by atoms with van der Waals surface area (Å²) in [5, 5.41) is 0. The number of hydrogen-bond donors (Lipinski definition) is 0. The van der Waals surface area contributed by atoms with E-state index in [9.17, 15) is 9.59 Å². The van der Waals surface area contributed by atoms with Crippen molar-refractivity contribution in [2.24, 2.45) is 5.92 Å². The average Bonchev–Trinajstić information content (AvgIpc) is 2.46. The van der Waals surface area contributed by atoms with E-state index in [1.165, 1.54) is 14.2 Å². The number of carbonyl (C=O) groups excluding carboxylic acids is 2. The van der Waals surface area contributed by atoms with Gasteiger partial charge in [-0.3, -0.25) is 9.59 Å². The number of hydrogen-bond acceptors (Lipinski definition) is 4. The van der Waals surface area contributed by atoms with E-state index in [4.69, 9.17) is 9.47 Å². The highest BCUT2D eigenvalue weighted by Crippen LogP contribution is 2.31. The molecule has 0 fully saturated rings. The Morgan fingerprint density at radius 2 is 1.85 bits per heavy atom. The standard InChI is InChI=1S/C16H20O4/c1-5-7-13(12-9-6-8-11(2)10-12)14(15(17)19-3)16(18)20-4/h5-6,8-10,13-14H,1,7H2,2-4H3. The van der Waals surface area contributed by atoms with E-state index in [0.29, 0.717) is 6.42 Å². The summed E-state index contributed by atoms with van der Waals surface area (Å²) in [7, 11) is 2.53. The predicted octanol–water partition coefficient (Wildman–Crippen LogP) is 2.62. The lowest BCUT2D eigenvalue weighted by atomic mass is 9.83. The normalized spacial score (nSPS) is 11.8. The summed E-state index contributed by atoms with van der Waals surface area (Å²) in [6, 6.07) is 7.69. The second-order valence-corrected chi connectivity index (χ2v) is 4.57. The summed E-state index contributed by atoms with van der Waals surface area (Å²) in [6.45, 7) is 5.66. The highest BCUT2D eigenvalue weighted by molar-refractivity contribution is 5.96. The fourth-order valence-electron chi connectivity index (χ4n) is 2.22.